The lowest BCUT2D eigenvalue weighted by atomic mass is 9.79. The molecule has 2 saturated heterocycles. The number of hydrogen-bond donors (Lipinski definition) is 0. The molecule has 0 aromatic heterocycles. The molecule has 21 heavy (non-hydrogen) atoms. The van der Waals surface area contributed by atoms with Gasteiger partial charge in [0.2, 0.25) is 0 Å². The van der Waals surface area contributed by atoms with Gasteiger partial charge < -0.3 is 18.9 Å². The van der Waals surface area contributed by atoms with Crippen molar-refractivity contribution in [3.63, 3.8) is 0 Å². The molecule has 1 aliphatic carbocycles. The molecule has 3 rings (SSSR count). The van der Waals surface area contributed by atoms with E-state index in [0.717, 1.165) is 6.42 Å². The van der Waals surface area contributed by atoms with E-state index in [1.165, 1.54) is 0 Å². The van der Waals surface area contributed by atoms with Gasteiger partial charge in [-0.25, -0.2) is 0 Å². The first-order chi connectivity index (χ1) is 10.1. The summed E-state index contributed by atoms with van der Waals surface area (Å²) in [6.45, 7) is 1.85. The summed E-state index contributed by atoms with van der Waals surface area (Å²) < 4.78 is 20.5. The summed E-state index contributed by atoms with van der Waals surface area (Å²) in [7, 11) is 0. The van der Waals surface area contributed by atoms with Crippen LogP contribution in [0.2, 0.25) is 0 Å². The van der Waals surface area contributed by atoms with Crippen LogP contribution in [0.5, 0.6) is 0 Å². The Balaban J connectivity index is 1.54. The van der Waals surface area contributed by atoms with E-state index in [9.17, 15) is 9.59 Å². The number of hydrogen-bond acceptors (Lipinski definition) is 6. The average molecular weight is 363 g/mol. The largest absolute Gasteiger partial charge is 0.463 e. The lowest BCUT2D eigenvalue weighted by Gasteiger charge is -2.30. The Kier molecular flexibility index (Phi) is 4.81. The molecule has 0 bridgehead atoms. The number of alkyl halides is 1. The van der Waals surface area contributed by atoms with Crippen LogP contribution in [0, 0.1) is 11.8 Å². The number of carbonyl (C=O) groups excluding carboxylic acids is 2. The van der Waals surface area contributed by atoms with Gasteiger partial charge in [0.25, 0.3) is 0 Å². The molecule has 0 radical (unpaired) electrons. The fourth-order valence-corrected chi connectivity index (χ4v) is 3.22. The first-order valence-electron chi connectivity index (χ1n) is 7.34. The van der Waals surface area contributed by atoms with Crippen molar-refractivity contribution < 1.29 is 28.5 Å². The number of epoxide rings is 2. The monoisotopic (exact) mass is 362 g/mol. The quantitative estimate of drug-likeness (QED) is 0.399. The van der Waals surface area contributed by atoms with Crippen molar-refractivity contribution in [1.29, 1.82) is 0 Å². The van der Waals surface area contributed by atoms with Crippen LogP contribution in [0.25, 0.3) is 0 Å². The van der Waals surface area contributed by atoms with Crippen LogP contribution in [0.1, 0.15) is 19.3 Å². The summed E-state index contributed by atoms with van der Waals surface area (Å²) in [6.07, 6.45) is 2.17. The third kappa shape index (κ3) is 4.40. The molecular formula is C14H19BrO6. The van der Waals surface area contributed by atoms with Crippen LogP contribution in [0.15, 0.2) is 0 Å². The Morgan fingerprint density at radius 2 is 1.48 bits per heavy atom. The molecule has 2 aliphatic heterocycles. The van der Waals surface area contributed by atoms with E-state index >= 15 is 0 Å². The third-order valence-corrected chi connectivity index (χ3v) is 4.85. The second kappa shape index (κ2) is 6.62. The molecule has 0 amide bonds. The van der Waals surface area contributed by atoms with Crippen LogP contribution in [-0.2, 0) is 28.5 Å². The SMILES string of the molecule is O=C(OCC1CO1)C1CCC(Br)CC1C(=O)OCC1CO1. The lowest BCUT2D eigenvalue weighted by Crippen LogP contribution is -2.38. The number of rotatable bonds is 6. The van der Waals surface area contributed by atoms with Crippen LogP contribution in [0.4, 0.5) is 0 Å². The molecule has 118 valence electrons. The zero-order valence-corrected chi connectivity index (χ0v) is 13.2. The summed E-state index contributed by atoms with van der Waals surface area (Å²) in [4.78, 5) is 24.6. The first kappa shape index (κ1) is 15.2. The van der Waals surface area contributed by atoms with Crippen molar-refractivity contribution in [3.8, 4) is 0 Å². The topological polar surface area (TPSA) is 77.7 Å². The van der Waals surface area contributed by atoms with Crippen molar-refractivity contribution in [1.82, 2.24) is 0 Å². The predicted molar refractivity (Wildman–Crippen MR) is 74.9 cm³/mol. The second-order valence-corrected chi connectivity index (χ2v) is 7.09. The summed E-state index contributed by atoms with van der Waals surface area (Å²) in [5.74, 6) is -1.48. The minimum Gasteiger partial charge on any atom is -0.463 e. The highest BCUT2D eigenvalue weighted by Crippen LogP contribution is 2.35. The van der Waals surface area contributed by atoms with E-state index in [1.807, 2.05) is 0 Å². The molecule has 3 aliphatic rings. The Labute approximate surface area is 131 Å². The minimum absolute atomic E-state index is 0.0368. The molecule has 1 saturated carbocycles. The molecule has 2 heterocycles. The normalized spacial score (nSPS) is 37.7. The average Bonchev–Trinajstić information content (AvgIpc) is 3.36. The van der Waals surface area contributed by atoms with Gasteiger partial charge in [0.05, 0.1) is 25.0 Å². The molecule has 5 unspecified atom stereocenters. The first-order valence-corrected chi connectivity index (χ1v) is 8.25. The van der Waals surface area contributed by atoms with E-state index in [1.54, 1.807) is 0 Å². The molecular weight excluding hydrogens is 344 g/mol. The van der Waals surface area contributed by atoms with Crippen molar-refractivity contribution in [2.45, 2.75) is 36.3 Å². The standard InChI is InChI=1S/C14H19BrO6/c15-8-1-2-11(13(16)20-6-9-4-18-9)12(3-8)14(17)21-7-10-5-19-10/h8-12H,1-7H2. The van der Waals surface area contributed by atoms with Crippen molar-refractivity contribution >= 4 is 27.9 Å². The van der Waals surface area contributed by atoms with Crippen LogP contribution < -0.4 is 0 Å². The van der Waals surface area contributed by atoms with Gasteiger partial charge in [-0.3, -0.25) is 9.59 Å². The number of carbonyl (C=O) groups is 2. The van der Waals surface area contributed by atoms with Gasteiger partial charge in [-0.2, -0.15) is 0 Å². The number of halogens is 1. The number of ether oxygens (including phenoxy) is 4. The Morgan fingerprint density at radius 1 is 0.952 bits per heavy atom. The lowest BCUT2D eigenvalue weighted by molar-refractivity contribution is -0.163. The molecule has 0 N–H and O–H groups in total. The van der Waals surface area contributed by atoms with Gasteiger partial charge >= 0.3 is 11.9 Å². The molecule has 0 aromatic carbocycles. The van der Waals surface area contributed by atoms with E-state index in [2.05, 4.69) is 15.9 Å². The van der Waals surface area contributed by atoms with Gasteiger partial charge in [0, 0.05) is 4.83 Å². The molecule has 7 heteroatoms. The predicted octanol–water partition coefficient (Wildman–Crippen LogP) is 1.05. The highest BCUT2D eigenvalue weighted by Gasteiger charge is 2.41. The Bertz CT molecular complexity index is 406. The van der Waals surface area contributed by atoms with E-state index in [-0.39, 0.29) is 42.2 Å². The van der Waals surface area contributed by atoms with Crippen molar-refractivity contribution in [2.24, 2.45) is 11.8 Å². The van der Waals surface area contributed by atoms with E-state index in [0.29, 0.717) is 26.1 Å². The zero-order chi connectivity index (χ0) is 14.8. The van der Waals surface area contributed by atoms with Gasteiger partial charge in [-0.15, -0.1) is 0 Å². The highest BCUT2D eigenvalue weighted by molar-refractivity contribution is 9.09. The summed E-state index contributed by atoms with van der Waals surface area (Å²) in [5.41, 5.74) is 0. The van der Waals surface area contributed by atoms with Gasteiger partial charge in [-0.05, 0) is 19.3 Å². The second-order valence-electron chi connectivity index (χ2n) is 5.79. The van der Waals surface area contributed by atoms with Crippen molar-refractivity contribution in [2.75, 3.05) is 26.4 Å². The third-order valence-electron chi connectivity index (χ3n) is 4.02. The fourth-order valence-electron chi connectivity index (χ4n) is 2.55. The Morgan fingerprint density at radius 3 is 2.00 bits per heavy atom. The van der Waals surface area contributed by atoms with Gasteiger partial charge in [-0.1, -0.05) is 15.9 Å². The van der Waals surface area contributed by atoms with Gasteiger partial charge in [0.1, 0.15) is 25.4 Å². The maximum absolute atomic E-state index is 12.2. The molecule has 5 atom stereocenters. The maximum atomic E-state index is 12.2. The highest BCUT2D eigenvalue weighted by atomic mass is 79.9. The molecule has 3 fully saturated rings. The smallest absolute Gasteiger partial charge is 0.309 e. The summed E-state index contributed by atoms with van der Waals surface area (Å²) in [6, 6.07) is 0. The minimum atomic E-state index is -0.436. The summed E-state index contributed by atoms with van der Waals surface area (Å²) in [5, 5.41) is 0. The molecule has 6 nitrogen and oxygen atoms in total. The van der Waals surface area contributed by atoms with Crippen LogP contribution in [0.3, 0.4) is 0 Å². The van der Waals surface area contributed by atoms with Crippen LogP contribution in [-0.4, -0.2) is 55.4 Å². The van der Waals surface area contributed by atoms with Gasteiger partial charge in [0.15, 0.2) is 0 Å². The van der Waals surface area contributed by atoms with E-state index in [4.69, 9.17) is 18.9 Å². The number of esters is 2. The summed E-state index contributed by atoms with van der Waals surface area (Å²) >= 11 is 3.53. The molecule has 0 spiro atoms. The van der Waals surface area contributed by atoms with E-state index < -0.39 is 11.8 Å². The zero-order valence-electron chi connectivity index (χ0n) is 11.7. The van der Waals surface area contributed by atoms with Crippen LogP contribution >= 0.6 is 15.9 Å². The Hall–Kier alpha value is -0.660. The fraction of sp³-hybridized carbons (Fsp3) is 0.857. The maximum Gasteiger partial charge on any atom is 0.309 e. The molecule has 0 aromatic rings. The van der Waals surface area contributed by atoms with Crippen molar-refractivity contribution in [3.05, 3.63) is 0 Å².